The van der Waals surface area contributed by atoms with E-state index < -0.39 is 0 Å². The summed E-state index contributed by atoms with van der Waals surface area (Å²) in [6.07, 6.45) is 0.492. The molecule has 0 saturated carbocycles. The van der Waals surface area contributed by atoms with Gasteiger partial charge in [0.2, 0.25) is 5.91 Å². The molecule has 3 heterocycles. The predicted molar refractivity (Wildman–Crippen MR) is 92.7 cm³/mol. The third-order valence-corrected chi connectivity index (χ3v) is 4.66. The van der Waals surface area contributed by atoms with E-state index in [-0.39, 0.29) is 5.91 Å². The van der Waals surface area contributed by atoms with E-state index >= 15 is 0 Å². The van der Waals surface area contributed by atoms with Crippen molar-refractivity contribution in [2.75, 3.05) is 24.5 Å². The van der Waals surface area contributed by atoms with Crippen LogP contribution in [0.4, 0.5) is 5.82 Å². The highest BCUT2D eigenvalue weighted by Gasteiger charge is 2.19. The number of amides is 1. The van der Waals surface area contributed by atoms with Crippen LogP contribution in [0.25, 0.3) is 22.3 Å². The first-order chi connectivity index (χ1) is 11.3. The first-order valence-electron chi connectivity index (χ1n) is 7.62. The van der Waals surface area contributed by atoms with Gasteiger partial charge in [-0.15, -0.1) is 0 Å². The number of nitrogens with zero attached hydrogens (tertiary/aromatic N) is 3. The lowest BCUT2D eigenvalue weighted by Gasteiger charge is -2.22. The molecular formula is C17H16N4OS. The van der Waals surface area contributed by atoms with Crippen molar-refractivity contribution in [2.24, 2.45) is 0 Å². The molecular weight excluding hydrogens is 308 g/mol. The summed E-state index contributed by atoms with van der Waals surface area (Å²) in [4.78, 5) is 23.3. The summed E-state index contributed by atoms with van der Waals surface area (Å²) >= 11 is 1.64. The highest BCUT2D eigenvalue weighted by molar-refractivity contribution is 7.08. The molecule has 2 aromatic heterocycles. The van der Waals surface area contributed by atoms with E-state index in [1.54, 1.807) is 11.3 Å². The van der Waals surface area contributed by atoms with E-state index in [4.69, 9.17) is 9.97 Å². The molecule has 0 unspecified atom stereocenters. The molecule has 1 amide bonds. The maximum atomic E-state index is 11.6. The quantitative estimate of drug-likeness (QED) is 0.787. The van der Waals surface area contributed by atoms with Crippen molar-refractivity contribution in [1.82, 2.24) is 15.3 Å². The van der Waals surface area contributed by atoms with Crippen LogP contribution < -0.4 is 10.2 Å². The van der Waals surface area contributed by atoms with Gasteiger partial charge in [0, 0.05) is 42.4 Å². The third kappa shape index (κ3) is 2.77. The number of para-hydroxylation sites is 1. The van der Waals surface area contributed by atoms with Gasteiger partial charge in [0.05, 0.1) is 5.52 Å². The largest absolute Gasteiger partial charge is 0.354 e. The molecule has 3 aromatic rings. The number of anilines is 1. The summed E-state index contributed by atoms with van der Waals surface area (Å²) in [5, 5.41) is 8.03. The number of hydrogen-bond acceptors (Lipinski definition) is 5. The van der Waals surface area contributed by atoms with E-state index in [0.717, 1.165) is 34.7 Å². The van der Waals surface area contributed by atoms with Crippen molar-refractivity contribution in [3.05, 3.63) is 41.1 Å². The topological polar surface area (TPSA) is 58.1 Å². The summed E-state index contributed by atoms with van der Waals surface area (Å²) < 4.78 is 0. The molecule has 0 aliphatic carbocycles. The van der Waals surface area contributed by atoms with Crippen LogP contribution in [0.15, 0.2) is 41.1 Å². The zero-order valence-corrected chi connectivity index (χ0v) is 13.3. The van der Waals surface area contributed by atoms with Crippen LogP contribution in [0, 0.1) is 0 Å². The molecule has 1 fully saturated rings. The van der Waals surface area contributed by atoms with Gasteiger partial charge in [0.1, 0.15) is 5.82 Å². The molecule has 0 bridgehead atoms. The Labute approximate surface area is 138 Å². The number of fused-ring (bicyclic) bond motifs is 1. The Morgan fingerprint density at radius 3 is 2.91 bits per heavy atom. The van der Waals surface area contributed by atoms with E-state index in [1.165, 1.54) is 0 Å². The van der Waals surface area contributed by atoms with Gasteiger partial charge in [-0.2, -0.15) is 11.3 Å². The Morgan fingerprint density at radius 1 is 1.13 bits per heavy atom. The number of benzene rings is 1. The lowest BCUT2D eigenvalue weighted by molar-refractivity contribution is -0.120. The van der Waals surface area contributed by atoms with Crippen molar-refractivity contribution < 1.29 is 4.79 Å². The lowest BCUT2D eigenvalue weighted by Crippen LogP contribution is -2.29. The molecule has 1 aliphatic rings. The van der Waals surface area contributed by atoms with Crippen molar-refractivity contribution in [3.63, 3.8) is 0 Å². The fraction of sp³-hybridized carbons (Fsp3) is 0.235. The van der Waals surface area contributed by atoms with Gasteiger partial charge in [0.25, 0.3) is 0 Å². The van der Waals surface area contributed by atoms with Crippen molar-refractivity contribution in [1.29, 1.82) is 0 Å². The van der Waals surface area contributed by atoms with Gasteiger partial charge in [-0.05, 0) is 23.6 Å². The monoisotopic (exact) mass is 324 g/mol. The minimum absolute atomic E-state index is 0.101. The van der Waals surface area contributed by atoms with Crippen molar-refractivity contribution in [2.45, 2.75) is 6.42 Å². The van der Waals surface area contributed by atoms with Gasteiger partial charge < -0.3 is 10.2 Å². The molecule has 1 saturated heterocycles. The Balaban J connectivity index is 1.85. The molecule has 0 spiro atoms. The molecule has 1 N–H and O–H groups in total. The Kier molecular flexibility index (Phi) is 3.67. The van der Waals surface area contributed by atoms with Crippen LogP contribution in [-0.4, -0.2) is 35.5 Å². The average molecular weight is 324 g/mol. The van der Waals surface area contributed by atoms with E-state index in [1.807, 2.05) is 35.7 Å². The van der Waals surface area contributed by atoms with E-state index in [9.17, 15) is 4.79 Å². The number of carbonyl (C=O) groups excluding carboxylic acids is 1. The normalized spacial score (nSPS) is 15.5. The fourth-order valence-electron chi connectivity index (χ4n) is 2.80. The minimum Gasteiger partial charge on any atom is -0.354 e. The molecule has 1 aliphatic heterocycles. The number of thiophene rings is 1. The van der Waals surface area contributed by atoms with Gasteiger partial charge in [-0.3, -0.25) is 4.79 Å². The molecule has 5 nitrogen and oxygen atoms in total. The predicted octanol–water partition coefficient (Wildman–Crippen LogP) is 2.68. The van der Waals surface area contributed by atoms with Crippen LogP contribution in [0.1, 0.15) is 6.42 Å². The van der Waals surface area contributed by atoms with E-state index in [0.29, 0.717) is 19.5 Å². The fourth-order valence-corrected chi connectivity index (χ4v) is 3.43. The molecule has 4 rings (SSSR count). The van der Waals surface area contributed by atoms with Crippen LogP contribution in [-0.2, 0) is 4.79 Å². The Morgan fingerprint density at radius 2 is 2.04 bits per heavy atom. The zero-order valence-electron chi connectivity index (χ0n) is 12.5. The summed E-state index contributed by atoms with van der Waals surface area (Å²) in [5.41, 5.74) is 1.97. The lowest BCUT2D eigenvalue weighted by atomic mass is 10.2. The van der Waals surface area contributed by atoms with Gasteiger partial charge in [-0.1, -0.05) is 12.1 Å². The summed E-state index contributed by atoms with van der Waals surface area (Å²) in [7, 11) is 0. The maximum Gasteiger partial charge on any atom is 0.221 e. The number of carbonyl (C=O) groups is 1. The van der Waals surface area contributed by atoms with Crippen LogP contribution in [0.2, 0.25) is 0 Å². The second-order valence-corrected chi connectivity index (χ2v) is 6.27. The summed E-state index contributed by atoms with van der Waals surface area (Å²) in [6, 6.07) is 10.1. The second kappa shape index (κ2) is 5.96. The van der Waals surface area contributed by atoms with Crippen molar-refractivity contribution in [3.8, 4) is 11.4 Å². The zero-order chi connectivity index (χ0) is 15.6. The maximum absolute atomic E-state index is 11.6. The smallest absolute Gasteiger partial charge is 0.221 e. The summed E-state index contributed by atoms with van der Waals surface area (Å²) in [5.74, 6) is 1.75. The van der Waals surface area contributed by atoms with Crippen LogP contribution >= 0.6 is 11.3 Å². The third-order valence-electron chi connectivity index (χ3n) is 3.97. The molecule has 0 atom stereocenters. The molecule has 6 heteroatoms. The average Bonchev–Trinajstić information content (AvgIpc) is 3.03. The molecule has 116 valence electrons. The molecule has 0 radical (unpaired) electrons. The number of aromatic nitrogens is 2. The minimum atomic E-state index is 0.101. The highest BCUT2D eigenvalue weighted by Crippen LogP contribution is 2.28. The second-order valence-electron chi connectivity index (χ2n) is 5.49. The SMILES string of the molecule is O=C1CCN(c2nc(-c3ccsc3)nc3ccccc23)CCN1. The van der Waals surface area contributed by atoms with Crippen LogP contribution in [0.5, 0.6) is 0 Å². The van der Waals surface area contributed by atoms with E-state index in [2.05, 4.69) is 15.6 Å². The number of nitrogens with one attached hydrogen (secondary N) is 1. The molecule has 1 aromatic carbocycles. The van der Waals surface area contributed by atoms with Gasteiger partial charge in [-0.25, -0.2) is 9.97 Å². The number of hydrogen-bond donors (Lipinski definition) is 1. The van der Waals surface area contributed by atoms with Gasteiger partial charge in [0.15, 0.2) is 5.82 Å². The standard InChI is InChI=1S/C17H16N4OS/c22-15-5-8-21(9-7-18-15)17-13-3-1-2-4-14(13)19-16(20-17)12-6-10-23-11-12/h1-4,6,10-11H,5,7-9H2,(H,18,22). The first-order valence-corrected chi connectivity index (χ1v) is 8.56. The highest BCUT2D eigenvalue weighted by atomic mass is 32.1. The Bertz CT molecular complexity index is 847. The Hall–Kier alpha value is -2.47. The summed E-state index contributed by atoms with van der Waals surface area (Å²) in [6.45, 7) is 2.08. The number of rotatable bonds is 2. The first kappa shape index (κ1) is 14.1. The van der Waals surface area contributed by atoms with Crippen LogP contribution in [0.3, 0.4) is 0 Å². The van der Waals surface area contributed by atoms with Gasteiger partial charge >= 0.3 is 0 Å². The molecule has 23 heavy (non-hydrogen) atoms. The van der Waals surface area contributed by atoms with Crippen molar-refractivity contribution >= 4 is 34.0 Å².